The van der Waals surface area contributed by atoms with Crippen LogP contribution < -0.4 is 5.32 Å². The summed E-state index contributed by atoms with van der Waals surface area (Å²) >= 11 is 0. The van der Waals surface area contributed by atoms with Crippen molar-refractivity contribution < 1.29 is 0 Å². The first-order valence-electron chi connectivity index (χ1n) is 7.73. The van der Waals surface area contributed by atoms with Crippen molar-refractivity contribution in [3.8, 4) is 5.69 Å². The lowest BCUT2D eigenvalue weighted by Gasteiger charge is -2.18. The third kappa shape index (κ3) is 3.65. The van der Waals surface area contributed by atoms with E-state index in [0.29, 0.717) is 0 Å². The summed E-state index contributed by atoms with van der Waals surface area (Å²) in [7, 11) is 0. The minimum absolute atomic E-state index is 0.0764. The van der Waals surface area contributed by atoms with E-state index in [2.05, 4.69) is 58.7 Å². The summed E-state index contributed by atoms with van der Waals surface area (Å²) in [5, 5.41) is 18.6. The number of rotatable bonds is 5. The van der Waals surface area contributed by atoms with Gasteiger partial charge in [-0.15, -0.1) is 5.10 Å². The molecule has 2 N–H and O–H groups in total. The van der Waals surface area contributed by atoms with Gasteiger partial charge in [0.25, 0.3) is 0 Å². The van der Waals surface area contributed by atoms with Crippen molar-refractivity contribution in [2.75, 3.05) is 0 Å². The van der Waals surface area contributed by atoms with E-state index in [0.717, 1.165) is 18.8 Å². The van der Waals surface area contributed by atoms with Gasteiger partial charge >= 0.3 is 0 Å². The number of aromatic amines is 1. The molecule has 0 aliphatic carbocycles. The zero-order valence-corrected chi connectivity index (χ0v) is 13.7. The molecule has 2 aromatic heterocycles. The molecule has 0 bridgehead atoms. The van der Waals surface area contributed by atoms with Gasteiger partial charge in [-0.25, -0.2) is 4.68 Å². The lowest BCUT2D eigenvalue weighted by molar-refractivity contribution is 0.553. The minimum atomic E-state index is 0.0764. The quantitative estimate of drug-likeness (QED) is 0.760. The van der Waals surface area contributed by atoms with Crippen LogP contribution in [0.1, 0.15) is 37.6 Å². The maximum absolute atomic E-state index is 4.17. The smallest absolute Gasteiger partial charge is 0.0697 e. The van der Waals surface area contributed by atoms with Crippen molar-refractivity contribution in [3.05, 3.63) is 59.7 Å². The van der Waals surface area contributed by atoms with Gasteiger partial charge in [0.1, 0.15) is 0 Å². The molecule has 0 saturated carbocycles. The maximum atomic E-state index is 4.17. The molecule has 6 nitrogen and oxygen atoms in total. The van der Waals surface area contributed by atoms with Crippen molar-refractivity contribution in [1.29, 1.82) is 0 Å². The maximum Gasteiger partial charge on any atom is 0.0697 e. The van der Waals surface area contributed by atoms with E-state index in [1.807, 2.05) is 24.5 Å². The molecule has 6 heteroatoms. The summed E-state index contributed by atoms with van der Waals surface area (Å²) in [4.78, 5) is 0. The number of nitrogens with one attached hydrogen (secondary N) is 2. The second-order valence-electron chi connectivity index (χ2n) is 6.64. The van der Waals surface area contributed by atoms with Gasteiger partial charge in [0.15, 0.2) is 0 Å². The van der Waals surface area contributed by atoms with Crippen LogP contribution in [0.15, 0.2) is 42.9 Å². The van der Waals surface area contributed by atoms with Crippen LogP contribution in [0.2, 0.25) is 0 Å². The Morgan fingerprint density at radius 1 is 1.13 bits per heavy atom. The predicted molar refractivity (Wildman–Crippen MR) is 89.2 cm³/mol. The summed E-state index contributed by atoms with van der Waals surface area (Å²) in [5.41, 5.74) is 4.72. The topological polar surface area (TPSA) is 71.4 Å². The second kappa shape index (κ2) is 6.34. The lowest BCUT2D eigenvalue weighted by Crippen LogP contribution is -2.19. The fraction of sp³-hybridized carbons (Fsp3) is 0.353. The van der Waals surface area contributed by atoms with E-state index >= 15 is 0 Å². The number of nitrogens with zero attached hydrogens (tertiary/aromatic N) is 4. The van der Waals surface area contributed by atoms with Gasteiger partial charge < -0.3 is 5.32 Å². The van der Waals surface area contributed by atoms with Crippen molar-refractivity contribution in [2.24, 2.45) is 0 Å². The van der Waals surface area contributed by atoms with Gasteiger partial charge in [0.2, 0.25) is 0 Å². The molecule has 120 valence electrons. The third-order valence-corrected chi connectivity index (χ3v) is 3.74. The van der Waals surface area contributed by atoms with E-state index in [1.54, 1.807) is 10.9 Å². The molecule has 23 heavy (non-hydrogen) atoms. The molecule has 0 aliphatic rings. The predicted octanol–water partition coefficient (Wildman–Crippen LogP) is 2.58. The number of hydrogen-bond donors (Lipinski definition) is 2. The monoisotopic (exact) mass is 310 g/mol. The Morgan fingerprint density at radius 3 is 2.57 bits per heavy atom. The fourth-order valence-electron chi connectivity index (χ4n) is 2.55. The van der Waals surface area contributed by atoms with E-state index in [4.69, 9.17) is 0 Å². The van der Waals surface area contributed by atoms with E-state index < -0.39 is 0 Å². The molecule has 0 atom stereocenters. The number of benzene rings is 1. The molecular formula is C17H22N6. The zero-order chi connectivity index (χ0) is 16.3. The van der Waals surface area contributed by atoms with Crippen LogP contribution in [0.25, 0.3) is 5.69 Å². The van der Waals surface area contributed by atoms with Crippen LogP contribution in [-0.4, -0.2) is 25.2 Å². The lowest BCUT2D eigenvalue weighted by atomic mass is 9.89. The molecule has 3 rings (SSSR count). The molecular weight excluding hydrogens is 288 g/mol. The third-order valence-electron chi connectivity index (χ3n) is 3.74. The Morgan fingerprint density at radius 2 is 1.91 bits per heavy atom. The Hall–Kier alpha value is -2.47. The standard InChI is InChI=1S/C17H22N6/c1-17(2,3)16-14(12-20-21-16)11-18-10-13-4-6-15(7-5-13)23-9-8-19-22-23/h4-9,12,18H,10-11H2,1-3H3,(H,20,21). The summed E-state index contributed by atoms with van der Waals surface area (Å²) in [6.45, 7) is 8.17. The van der Waals surface area contributed by atoms with Crippen molar-refractivity contribution >= 4 is 0 Å². The first-order chi connectivity index (χ1) is 11.0. The van der Waals surface area contributed by atoms with Crippen LogP contribution in [-0.2, 0) is 18.5 Å². The van der Waals surface area contributed by atoms with Crippen LogP contribution >= 0.6 is 0 Å². The second-order valence-corrected chi connectivity index (χ2v) is 6.64. The molecule has 2 heterocycles. The highest BCUT2D eigenvalue weighted by atomic mass is 15.4. The van der Waals surface area contributed by atoms with Gasteiger partial charge in [0.05, 0.1) is 24.3 Å². The van der Waals surface area contributed by atoms with E-state index in [-0.39, 0.29) is 5.41 Å². The van der Waals surface area contributed by atoms with Crippen molar-refractivity contribution in [1.82, 2.24) is 30.5 Å². The molecule has 0 radical (unpaired) electrons. The average molecular weight is 310 g/mol. The molecule has 0 spiro atoms. The first kappa shape index (κ1) is 15.4. The highest BCUT2D eigenvalue weighted by Crippen LogP contribution is 2.23. The van der Waals surface area contributed by atoms with Crippen LogP contribution in [0, 0.1) is 0 Å². The average Bonchev–Trinajstić information content (AvgIpc) is 3.19. The number of H-pyrrole nitrogens is 1. The van der Waals surface area contributed by atoms with Crippen molar-refractivity contribution in [2.45, 2.75) is 39.3 Å². The number of aromatic nitrogens is 5. The summed E-state index contributed by atoms with van der Waals surface area (Å²) < 4.78 is 1.75. The van der Waals surface area contributed by atoms with Gasteiger partial charge in [-0.1, -0.05) is 38.1 Å². The zero-order valence-electron chi connectivity index (χ0n) is 13.7. The molecule has 0 aliphatic heterocycles. The molecule has 3 aromatic rings. The molecule has 0 fully saturated rings. The van der Waals surface area contributed by atoms with E-state index in [9.17, 15) is 0 Å². The SMILES string of the molecule is CC(C)(C)c1[nH]ncc1CNCc1ccc(-n2ccnn2)cc1. The Labute approximate surface area is 135 Å². The Balaban J connectivity index is 1.58. The highest BCUT2D eigenvalue weighted by molar-refractivity contribution is 5.33. The van der Waals surface area contributed by atoms with Gasteiger partial charge in [-0.05, 0) is 17.7 Å². The summed E-state index contributed by atoms with van der Waals surface area (Å²) in [6.07, 6.45) is 5.41. The Bertz CT molecular complexity index is 734. The largest absolute Gasteiger partial charge is 0.308 e. The summed E-state index contributed by atoms with van der Waals surface area (Å²) in [6, 6.07) is 8.29. The van der Waals surface area contributed by atoms with Crippen LogP contribution in [0.3, 0.4) is 0 Å². The Kier molecular flexibility index (Phi) is 4.25. The minimum Gasteiger partial charge on any atom is -0.308 e. The summed E-state index contributed by atoms with van der Waals surface area (Å²) in [5.74, 6) is 0. The number of hydrogen-bond acceptors (Lipinski definition) is 4. The normalized spacial score (nSPS) is 11.8. The van der Waals surface area contributed by atoms with Crippen molar-refractivity contribution in [3.63, 3.8) is 0 Å². The molecule has 0 saturated heterocycles. The van der Waals surface area contributed by atoms with Gasteiger partial charge in [0, 0.05) is 29.8 Å². The first-order valence-corrected chi connectivity index (χ1v) is 7.73. The van der Waals surface area contributed by atoms with Crippen LogP contribution in [0.4, 0.5) is 0 Å². The highest BCUT2D eigenvalue weighted by Gasteiger charge is 2.19. The van der Waals surface area contributed by atoms with Crippen LogP contribution in [0.5, 0.6) is 0 Å². The molecule has 1 aromatic carbocycles. The molecule has 0 amide bonds. The fourth-order valence-corrected chi connectivity index (χ4v) is 2.55. The van der Waals surface area contributed by atoms with Gasteiger partial charge in [-0.3, -0.25) is 5.10 Å². The van der Waals surface area contributed by atoms with Gasteiger partial charge in [-0.2, -0.15) is 5.10 Å². The van der Waals surface area contributed by atoms with E-state index in [1.165, 1.54) is 16.8 Å². The molecule has 0 unspecified atom stereocenters.